The fraction of sp³-hybridized carbons (Fsp3) is 1.00. The van der Waals surface area contributed by atoms with Gasteiger partial charge >= 0.3 is 0 Å². The summed E-state index contributed by atoms with van der Waals surface area (Å²) in [7, 11) is 1.72. The van der Waals surface area contributed by atoms with Crippen molar-refractivity contribution in [1.82, 2.24) is 0 Å². The van der Waals surface area contributed by atoms with Crippen LogP contribution in [0.4, 0.5) is 0 Å². The lowest BCUT2D eigenvalue weighted by atomic mass is 10.0. The van der Waals surface area contributed by atoms with Crippen molar-refractivity contribution in [3.63, 3.8) is 0 Å². The van der Waals surface area contributed by atoms with Gasteiger partial charge in [0.25, 0.3) is 0 Å². The molecule has 0 aromatic carbocycles. The summed E-state index contributed by atoms with van der Waals surface area (Å²) < 4.78 is 5.12. The Bertz CT molecular complexity index is 104. The van der Waals surface area contributed by atoms with Crippen LogP contribution in [0.2, 0.25) is 0 Å². The molecular formula is C11H24O2. The number of aliphatic hydroxyl groups is 1. The second-order valence-electron chi connectivity index (χ2n) is 3.77. The van der Waals surface area contributed by atoms with Crippen LogP contribution in [0, 0.1) is 0 Å². The smallest absolute Gasteiger partial charge is 0.0544 e. The molecule has 0 rings (SSSR count). The topological polar surface area (TPSA) is 29.5 Å². The summed E-state index contributed by atoms with van der Waals surface area (Å²) in [6, 6.07) is 0. The van der Waals surface area contributed by atoms with Crippen LogP contribution in [0.1, 0.15) is 52.4 Å². The molecule has 2 heteroatoms. The van der Waals surface area contributed by atoms with E-state index in [2.05, 4.69) is 6.92 Å². The average Bonchev–Trinajstić information content (AvgIpc) is 2.14. The maximum atomic E-state index is 9.56. The van der Waals surface area contributed by atoms with Gasteiger partial charge in [0.15, 0.2) is 0 Å². The monoisotopic (exact) mass is 188 g/mol. The molecule has 2 atom stereocenters. The summed E-state index contributed by atoms with van der Waals surface area (Å²) in [4.78, 5) is 0. The molecule has 0 aliphatic carbocycles. The van der Waals surface area contributed by atoms with Crippen LogP contribution in [0.25, 0.3) is 0 Å². The van der Waals surface area contributed by atoms with Gasteiger partial charge in [-0.25, -0.2) is 0 Å². The molecule has 0 radical (unpaired) electrons. The van der Waals surface area contributed by atoms with Crippen molar-refractivity contribution in [2.45, 2.75) is 64.6 Å². The summed E-state index contributed by atoms with van der Waals surface area (Å²) in [5.74, 6) is 0. The molecule has 1 N–H and O–H groups in total. The van der Waals surface area contributed by atoms with Gasteiger partial charge in [-0.05, 0) is 26.2 Å². The first-order valence-electron chi connectivity index (χ1n) is 5.41. The zero-order valence-electron chi connectivity index (χ0n) is 9.25. The molecule has 0 spiro atoms. The van der Waals surface area contributed by atoms with E-state index >= 15 is 0 Å². The Morgan fingerprint density at radius 1 is 1.15 bits per heavy atom. The van der Waals surface area contributed by atoms with Crippen molar-refractivity contribution in [3.8, 4) is 0 Å². The number of hydrogen-bond acceptors (Lipinski definition) is 2. The number of unbranched alkanes of at least 4 members (excludes halogenated alkanes) is 2. The SMILES string of the molecule is CCCCCC(O)CCC(C)OC. The number of ether oxygens (including phenoxy) is 1. The molecule has 2 nitrogen and oxygen atoms in total. The minimum atomic E-state index is -0.121. The highest BCUT2D eigenvalue weighted by atomic mass is 16.5. The van der Waals surface area contributed by atoms with Crippen molar-refractivity contribution in [3.05, 3.63) is 0 Å². The van der Waals surface area contributed by atoms with Crippen molar-refractivity contribution in [2.24, 2.45) is 0 Å². The Hall–Kier alpha value is -0.0800. The molecule has 80 valence electrons. The quantitative estimate of drug-likeness (QED) is 0.593. The van der Waals surface area contributed by atoms with Crippen molar-refractivity contribution >= 4 is 0 Å². The third kappa shape index (κ3) is 8.26. The summed E-state index contributed by atoms with van der Waals surface area (Å²) >= 11 is 0. The first kappa shape index (κ1) is 12.9. The molecule has 0 heterocycles. The van der Waals surface area contributed by atoms with Crippen LogP contribution in [0.3, 0.4) is 0 Å². The molecule has 0 fully saturated rings. The lowest BCUT2D eigenvalue weighted by Gasteiger charge is -2.13. The number of aliphatic hydroxyl groups excluding tert-OH is 1. The van der Waals surface area contributed by atoms with Crippen LogP contribution in [0.15, 0.2) is 0 Å². The van der Waals surface area contributed by atoms with E-state index in [9.17, 15) is 5.11 Å². The molecular weight excluding hydrogens is 164 g/mol. The normalized spacial score (nSPS) is 15.7. The summed E-state index contributed by atoms with van der Waals surface area (Å²) in [6.07, 6.45) is 6.55. The molecule has 0 aromatic heterocycles. The fourth-order valence-electron chi connectivity index (χ4n) is 1.32. The van der Waals surface area contributed by atoms with E-state index < -0.39 is 0 Å². The van der Waals surface area contributed by atoms with Crippen molar-refractivity contribution in [1.29, 1.82) is 0 Å². The van der Waals surface area contributed by atoms with Gasteiger partial charge in [-0.2, -0.15) is 0 Å². The second-order valence-corrected chi connectivity index (χ2v) is 3.77. The highest BCUT2D eigenvalue weighted by Gasteiger charge is 2.06. The largest absolute Gasteiger partial charge is 0.393 e. The van der Waals surface area contributed by atoms with E-state index in [0.717, 1.165) is 25.7 Å². The first-order valence-corrected chi connectivity index (χ1v) is 5.41. The third-order valence-electron chi connectivity index (χ3n) is 2.45. The molecule has 0 saturated heterocycles. The Kier molecular flexibility index (Phi) is 8.46. The Balaban J connectivity index is 3.24. The van der Waals surface area contributed by atoms with E-state index in [1.807, 2.05) is 6.92 Å². The van der Waals surface area contributed by atoms with E-state index in [1.165, 1.54) is 12.8 Å². The molecule has 0 bridgehead atoms. The molecule has 2 unspecified atom stereocenters. The van der Waals surface area contributed by atoms with E-state index in [0.29, 0.717) is 0 Å². The molecule has 0 amide bonds. The van der Waals surface area contributed by atoms with Gasteiger partial charge < -0.3 is 9.84 Å². The Labute approximate surface area is 82.3 Å². The van der Waals surface area contributed by atoms with Gasteiger partial charge in [0, 0.05) is 7.11 Å². The lowest BCUT2D eigenvalue weighted by molar-refractivity contribution is 0.0817. The lowest BCUT2D eigenvalue weighted by Crippen LogP contribution is -2.12. The van der Waals surface area contributed by atoms with Crippen LogP contribution >= 0.6 is 0 Å². The molecule has 13 heavy (non-hydrogen) atoms. The highest BCUT2D eigenvalue weighted by Crippen LogP contribution is 2.10. The standard InChI is InChI=1S/C11H24O2/c1-4-5-6-7-11(12)9-8-10(2)13-3/h10-12H,4-9H2,1-3H3. The minimum Gasteiger partial charge on any atom is -0.393 e. The number of rotatable bonds is 8. The molecule has 0 aromatic rings. The second kappa shape index (κ2) is 8.52. The number of hydrogen-bond donors (Lipinski definition) is 1. The summed E-state index contributed by atoms with van der Waals surface area (Å²) in [6.45, 7) is 4.22. The molecule has 0 saturated carbocycles. The average molecular weight is 188 g/mol. The van der Waals surface area contributed by atoms with Crippen LogP contribution in [-0.2, 0) is 4.74 Å². The van der Waals surface area contributed by atoms with Gasteiger partial charge in [0.1, 0.15) is 0 Å². The Morgan fingerprint density at radius 3 is 2.38 bits per heavy atom. The maximum absolute atomic E-state index is 9.56. The minimum absolute atomic E-state index is 0.121. The van der Waals surface area contributed by atoms with Gasteiger partial charge in [-0.1, -0.05) is 26.2 Å². The van der Waals surface area contributed by atoms with Crippen LogP contribution in [-0.4, -0.2) is 24.4 Å². The summed E-state index contributed by atoms with van der Waals surface area (Å²) in [5.41, 5.74) is 0. The predicted octanol–water partition coefficient (Wildman–Crippen LogP) is 2.74. The summed E-state index contributed by atoms with van der Waals surface area (Å²) in [5, 5.41) is 9.56. The van der Waals surface area contributed by atoms with Gasteiger partial charge in [0.05, 0.1) is 12.2 Å². The highest BCUT2D eigenvalue weighted by molar-refractivity contribution is 4.59. The van der Waals surface area contributed by atoms with Gasteiger partial charge in [-0.3, -0.25) is 0 Å². The third-order valence-corrected chi connectivity index (χ3v) is 2.45. The van der Waals surface area contributed by atoms with Crippen LogP contribution < -0.4 is 0 Å². The first-order chi connectivity index (χ1) is 6.20. The van der Waals surface area contributed by atoms with E-state index in [-0.39, 0.29) is 12.2 Å². The predicted molar refractivity (Wildman–Crippen MR) is 55.9 cm³/mol. The zero-order chi connectivity index (χ0) is 10.1. The fourth-order valence-corrected chi connectivity index (χ4v) is 1.32. The van der Waals surface area contributed by atoms with Gasteiger partial charge in [0.2, 0.25) is 0 Å². The van der Waals surface area contributed by atoms with Crippen LogP contribution in [0.5, 0.6) is 0 Å². The van der Waals surface area contributed by atoms with E-state index in [4.69, 9.17) is 4.74 Å². The molecule has 0 aliphatic rings. The molecule has 0 aliphatic heterocycles. The zero-order valence-corrected chi connectivity index (χ0v) is 9.25. The van der Waals surface area contributed by atoms with E-state index in [1.54, 1.807) is 7.11 Å². The number of methoxy groups -OCH3 is 1. The van der Waals surface area contributed by atoms with Gasteiger partial charge in [-0.15, -0.1) is 0 Å². The van der Waals surface area contributed by atoms with Crippen molar-refractivity contribution in [2.75, 3.05) is 7.11 Å². The van der Waals surface area contributed by atoms with Crippen molar-refractivity contribution < 1.29 is 9.84 Å². The maximum Gasteiger partial charge on any atom is 0.0544 e. The Morgan fingerprint density at radius 2 is 1.85 bits per heavy atom.